The van der Waals surface area contributed by atoms with Crippen LogP contribution in [0.25, 0.3) is 0 Å². The van der Waals surface area contributed by atoms with E-state index in [0.717, 1.165) is 10.0 Å². The number of hydrogen-bond acceptors (Lipinski definition) is 5. The number of amides is 1. The van der Waals surface area contributed by atoms with Gasteiger partial charge in [-0.15, -0.1) is 0 Å². The molecule has 0 aromatic heterocycles. The van der Waals surface area contributed by atoms with E-state index in [-0.39, 0.29) is 5.91 Å². The van der Waals surface area contributed by atoms with Crippen molar-refractivity contribution < 1.29 is 19.0 Å². The van der Waals surface area contributed by atoms with E-state index in [1.54, 1.807) is 24.3 Å². The highest BCUT2D eigenvalue weighted by Crippen LogP contribution is 2.29. The third-order valence-electron chi connectivity index (χ3n) is 4.55. The summed E-state index contributed by atoms with van der Waals surface area (Å²) in [4.78, 5) is 12.6. The zero-order chi connectivity index (χ0) is 24.3. The van der Waals surface area contributed by atoms with Gasteiger partial charge in [-0.25, -0.2) is 5.43 Å². The fourth-order valence-corrected chi connectivity index (χ4v) is 3.50. The van der Waals surface area contributed by atoms with Gasteiger partial charge >= 0.3 is 0 Å². The molecule has 0 spiro atoms. The van der Waals surface area contributed by atoms with Gasteiger partial charge in [-0.1, -0.05) is 58.4 Å². The molecule has 1 N–H and O–H groups in total. The molecule has 3 aromatic carbocycles. The summed E-state index contributed by atoms with van der Waals surface area (Å²) < 4.78 is 18.0. The van der Waals surface area contributed by atoms with Crippen molar-refractivity contribution in [3.63, 3.8) is 0 Å². The molecule has 0 atom stereocenters. The highest BCUT2D eigenvalue weighted by atomic mass is 79.9. The van der Waals surface area contributed by atoms with E-state index >= 15 is 0 Å². The summed E-state index contributed by atoms with van der Waals surface area (Å²) in [6, 6.07) is 18.0. The Morgan fingerprint density at radius 2 is 1.85 bits per heavy atom. The van der Waals surface area contributed by atoms with E-state index in [9.17, 15) is 4.79 Å². The van der Waals surface area contributed by atoms with Crippen molar-refractivity contribution in [2.45, 2.75) is 13.5 Å². The monoisotopic (exact) mass is 542 g/mol. The second-order valence-corrected chi connectivity index (χ2v) is 8.28. The molecular weight excluding hydrogens is 520 g/mol. The third kappa shape index (κ3) is 7.10. The average molecular weight is 544 g/mol. The average Bonchev–Trinajstić information content (AvgIpc) is 2.83. The maximum Gasteiger partial charge on any atom is 0.271 e. The minimum atomic E-state index is -0.388. The second-order valence-electron chi connectivity index (χ2n) is 6.96. The van der Waals surface area contributed by atoms with Crippen LogP contribution in [-0.2, 0) is 6.61 Å². The van der Waals surface area contributed by atoms with Crippen LogP contribution in [0.2, 0.25) is 5.02 Å². The Kier molecular flexibility index (Phi) is 9.55. The standard InChI is InChI=1S/C26H24BrClN2O4/c1-3-13-33-24-11-9-18(15-25(24)32-4-2)26(31)30-29-16-20-14-21(27)10-12-23(20)34-17-19-7-5-6-8-22(19)28/h3,5-12,14-16H,1,4,13,17H2,2H3,(H,30,31)/b29-16+. The van der Waals surface area contributed by atoms with Crippen LogP contribution in [0.4, 0.5) is 0 Å². The topological polar surface area (TPSA) is 69.2 Å². The van der Waals surface area contributed by atoms with Gasteiger partial charge in [0.2, 0.25) is 0 Å². The molecule has 1 amide bonds. The van der Waals surface area contributed by atoms with Gasteiger partial charge in [-0.2, -0.15) is 5.10 Å². The van der Waals surface area contributed by atoms with Gasteiger partial charge in [0.1, 0.15) is 19.0 Å². The van der Waals surface area contributed by atoms with Crippen LogP contribution in [-0.4, -0.2) is 25.3 Å². The quantitative estimate of drug-likeness (QED) is 0.172. The van der Waals surface area contributed by atoms with Crippen LogP contribution < -0.4 is 19.6 Å². The molecule has 0 unspecified atom stereocenters. The first-order valence-electron chi connectivity index (χ1n) is 10.5. The van der Waals surface area contributed by atoms with Crippen molar-refractivity contribution in [2.24, 2.45) is 5.10 Å². The number of benzene rings is 3. The summed E-state index contributed by atoms with van der Waals surface area (Å²) in [7, 11) is 0. The first-order chi connectivity index (χ1) is 16.5. The number of halogens is 2. The summed E-state index contributed by atoms with van der Waals surface area (Å²) in [5, 5.41) is 4.74. The number of carbonyl (C=O) groups is 1. The van der Waals surface area contributed by atoms with Crippen molar-refractivity contribution in [3.8, 4) is 17.2 Å². The van der Waals surface area contributed by atoms with Crippen molar-refractivity contribution in [1.82, 2.24) is 5.43 Å². The second kappa shape index (κ2) is 12.8. The van der Waals surface area contributed by atoms with Gasteiger partial charge in [0.25, 0.3) is 5.91 Å². The number of hydrazone groups is 1. The van der Waals surface area contributed by atoms with Crippen LogP contribution >= 0.6 is 27.5 Å². The van der Waals surface area contributed by atoms with Gasteiger partial charge < -0.3 is 14.2 Å². The van der Waals surface area contributed by atoms with Gasteiger partial charge in [0.15, 0.2) is 11.5 Å². The maximum atomic E-state index is 12.6. The van der Waals surface area contributed by atoms with E-state index in [0.29, 0.717) is 53.2 Å². The molecule has 0 aliphatic heterocycles. The SMILES string of the molecule is C=CCOc1ccc(C(=O)N/N=C/c2cc(Br)ccc2OCc2ccccc2Cl)cc1OCC. The number of nitrogens with zero attached hydrogens (tertiary/aromatic N) is 1. The molecule has 0 heterocycles. The van der Waals surface area contributed by atoms with E-state index in [4.69, 9.17) is 25.8 Å². The summed E-state index contributed by atoms with van der Waals surface area (Å²) >= 11 is 9.67. The first kappa shape index (κ1) is 25.3. The lowest BCUT2D eigenvalue weighted by Crippen LogP contribution is -2.18. The zero-order valence-corrected chi connectivity index (χ0v) is 20.9. The summed E-state index contributed by atoms with van der Waals surface area (Å²) in [5.74, 6) is 1.23. The Hall–Kier alpha value is -3.29. The number of ether oxygens (including phenoxy) is 3. The van der Waals surface area contributed by atoms with E-state index in [1.807, 2.05) is 49.4 Å². The van der Waals surface area contributed by atoms with Crippen molar-refractivity contribution in [1.29, 1.82) is 0 Å². The summed E-state index contributed by atoms with van der Waals surface area (Å²) in [6.07, 6.45) is 3.16. The molecule has 34 heavy (non-hydrogen) atoms. The van der Waals surface area contributed by atoms with E-state index in [2.05, 4.69) is 33.0 Å². The lowest BCUT2D eigenvalue weighted by atomic mass is 10.2. The molecule has 0 radical (unpaired) electrons. The largest absolute Gasteiger partial charge is 0.490 e. The number of rotatable bonds is 11. The fraction of sp³-hybridized carbons (Fsp3) is 0.154. The van der Waals surface area contributed by atoms with Crippen LogP contribution in [0.1, 0.15) is 28.4 Å². The molecule has 8 heteroatoms. The number of nitrogens with one attached hydrogen (secondary N) is 1. The first-order valence-corrected chi connectivity index (χ1v) is 11.7. The Bertz CT molecular complexity index is 1180. The molecule has 3 rings (SSSR count). The van der Waals surface area contributed by atoms with Crippen LogP contribution in [0.5, 0.6) is 17.2 Å². The Labute approximate surface area is 212 Å². The van der Waals surface area contributed by atoms with Gasteiger partial charge in [0.05, 0.1) is 12.8 Å². The summed E-state index contributed by atoms with van der Waals surface area (Å²) in [6.45, 7) is 6.57. The van der Waals surface area contributed by atoms with E-state index < -0.39 is 0 Å². The molecule has 176 valence electrons. The highest BCUT2D eigenvalue weighted by molar-refractivity contribution is 9.10. The van der Waals surface area contributed by atoms with Gasteiger partial charge in [-0.3, -0.25) is 4.79 Å². The van der Waals surface area contributed by atoms with Gasteiger partial charge in [0, 0.05) is 26.2 Å². The predicted molar refractivity (Wildman–Crippen MR) is 138 cm³/mol. The molecule has 6 nitrogen and oxygen atoms in total. The lowest BCUT2D eigenvalue weighted by Gasteiger charge is -2.12. The van der Waals surface area contributed by atoms with Crippen molar-refractivity contribution >= 4 is 39.7 Å². The van der Waals surface area contributed by atoms with Crippen LogP contribution in [0, 0.1) is 0 Å². The Morgan fingerprint density at radius 3 is 2.62 bits per heavy atom. The molecule has 0 aliphatic carbocycles. The maximum absolute atomic E-state index is 12.6. The molecule has 3 aromatic rings. The van der Waals surface area contributed by atoms with Gasteiger partial charge in [-0.05, 0) is 49.4 Å². The molecule has 0 saturated carbocycles. The number of hydrogen-bond donors (Lipinski definition) is 1. The molecule has 0 aliphatic rings. The van der Waals surface area contributed by atoms with Crippen LogP contribution in [0.15, 0.2) is 82.9 Å². The molecule has 0 fully saturated rings. The smallest absolute Gasteiger partial charge is 0.271 e. The Balaban J connectivity index is 1.70. The molecular formula is C26H24BrClN2O4. The highest BCUT2D eigenvalue weighted by Gasteiger charge is 2.11. The fourth-order valence-electron chi connectivity index (χ4n) is 2.93. The van der Waals surface area contributed by atoms with Crippen molar-refractivity contribution in [3.05, 3.63) is 99.5 Å². The van der Waals surface area contributed by atoms with Crippen LogP contribution in [0.3, 0.4) is 0 Å². The van der Waals surface area contributed by atoms with E-state index in [1.165, 1.54) is 6.21 Å². The minimum Gasteiger partial charge on any atom is -0.490 e. The number of carbonyl (C=O) groups excluding carboxylic acids is 1. The predicted octanol–water partition coefficient (Wildman–Crippen LogP) is 6.41. The zero-order valence-electron chi connectivity index (χ0n) is 18.6. The Morgan fingerprint density at radius 1 is 1.06 bits per heavy atom. The third-order valence-corrected chi connectivity index (χ3v) is 5.41. The normalized spacial score (nSPS) is 10.7. The lowest BCUT2D eigenvalue weighted by molar-refractivity contribution is 0.0954. The minimum absolute atomic E-state index is 0.301. The van der Waals surface area contributed by atoms with Crippen molar-refractivity contribution in [2.75, 3.05) is 13.2 Å². The molecule has 0 bridgehead atoms. The summed E-state index contributed by atoms with van der Waals surface area (Å²) in [5.41, 5.74) is 4.47. The molecule has 0 saturated heterocycles.